The zero-order valence-corrected chi connectivity index (χ0v) is 11.2. The van der Waals surface area contributed by atoms with Crippen LogP contribution in [0.25, 0.3) is 5.69 Å². The molecular formula is C12H12BrN3O. The summed E-state index contributed by atoms with van der Waals surface area (Å²) in [6, 6.07) is 7.59. The van der Waals surface area contributed by atoms with E-state index in [1.165, 1.54) is 0 Å². The van der Waals surface area contributed by atoms with E-state index in [-0.39, 0.29) is 5.92 Å². The summed E-state index contributed by atoms with van der Waals surface area (Å²) in [6.07, 6.45) is 0.800. The topological polar surface area (TPSA) is 47.8 Å². The van der Waals surface area contributed by atoms with Crippen molar-refractivity contribution >= 4 is 22.2 Å². The van der Waals surface area contributed by atoms with Crippen molar-refractivity contribution in [2.24, 2.45) is 0 Å². The van der Waals surface area contributed by atoms with Gasteiger partial charge in [0.2, 0.25) is 0 Å². The fourth-order valence-electron chi connectivity index (χ4n) is 1.62. The van der Waals surface area contributed by atoms with E-state index in [9.17, 15) is 4.79 Å². The zero-order valence-electron chi connectivity index (χ0n) is 9.59. The quantitative estimate of drug-likeness (QED) is 0.818. The van der Waals surface area contributed by atoms with Crippen LogP contribution in [-0.2, 0) is 0 Å². The Morgan fingerprint density at radius 3 is 2.65 bits per heavy atom. The summed E-state index contributed by atoms with van der Waals surface area (Å²) in [5.41, 5.74) is 2.04. The number of carbonyl (C=O) groups is 1. The highest BCUT2D eigenvalue weighted by molar-refractivity contribution is 9.10. The molecule has 2 aromatic rings. The van der Waals surface area contributed by atoms with Crippen LogP contribution in [0.4, 0.5) is 0 Å². The average Bonchev–Trinajstić information content (AvgIpc) is 2.73. The van der Waals surface area contributed by atoms with Crippen molar-refractivity contribution in [1.29, 1.82) is 0 Å². The highest BCUT2D eigenvalue weighted by atomic mass is 79.9. The molecule has 0 unspecified atom stereocenters. The van der Waals surface area contributed by atoms with Gasteiger partial charge in [0.05, 0.1) is 11.4 Å². The Balaban J connectivity index is 2.61. The molecule has 0 aliphatic heterocycles. The van der Waals surface area contributed by atoms with Crippen molar-refractivity contribution in [1.82, 2.24) is 15.0 Å². The molecule has 2 rings (SSSR count). The molecule has 0 amide bonds. The molecule has 0 atom stereocenters. The van der Waals surface area contributed by atoms with Crippen LogP contribution < -0.4 is 0 Å². The minimum Gasteiger partial charge on any atom is -0.296 e. The molecule has 1 aromatic heterocycles. The van der Waals surface area contributed by atoms with Crippen molar-refractivity contribution in [3.63, 3.8) is 0 Å². The highest BCUT2D eigenvalue weighted by Crippen LogP contribution is 2.23. The van der Waals surface area contributed by atoms with Gasteiger partial charge in [0, 0.05) is 4.47 Å². The van der Waals surface area contributed by atoms with Crippen molar-refractivity contribution in [2.45, 2.75) is 19.8 Å². The Hall–Kier alpha value is -1.49. The van der Waals surface area contributed by atoms with Crippen LogP contribution in [0.15, 0.2) is 28.7 Å². The van der Waals surface area contributed by atoms with Crippen molar-refractivity contribution in [3.05, 3.63) is 40.1 Å². The normalized spacial score (nSPS) is 10.8. The summed E-state index contributed by atoms with van der Waals surface area (Å²) >= 11 is 3.44. The number of carbonyl (C=O) groups excluding carboxylic acids is 1. The van der Waals surface area contributed by atoms with E-state index >= 15 is 0 Å². The van der Waals surface area contributed by atoms with Crippen LogP contribution in [0, 0.1) is 0 Å². The lowest BCUT2D eigenvalue weighted by molar-refractivity contribution is 0.111. The molecule has 17 heavy (non-hydrogen) atoms. The third kappa shape index (κ3) is 2.15. The molecule has 0 fully saturated rings. The molecule has 0 aliphatic rings. The number of para-hydroxylation sites is 1. The van der Waals surface area contributed by atoms with E-state index in [4.69, 9.17) is 0 Å². The minimum absolute atomic E-state index is 0.173. The number of nitrogens with zero attached hydrogens (tertiary/aromatic N) is 3. The van der Waals surface area contributed by atoms with E-state index in [2.05, 4.69) is 26.2 Å². The number of halogens is 1. The number of hydrogen-bond donors (Lipinski definition) is 0. The predicted molar refractivity (Wildman–Crippen MR) is 68.5 cm³/mol. The number of aromatic nitrogens is 3. The zero-order chi connectivity index (χ0) is 12.4. The summed E-state index contributed by atoms with van der Waals surface area (Å²) in [5.74, 6) is 0.173. The Labute approximate surface area is 108 Å². The molecule has 0 N–H and O–H groups in total. The lowest BCUT2D eigenvalue weighted by Gasteiger charge is -2.05. The molecule has 88 valence electrons. The van der Waals surface area contributed by atoms with Gasteiger partial charge in [0.1, 0.15) is 5.69 Å². The highest BCUT2D eigenvalue weighted by Gasteiger charge is 2.17. The lowest BCUT2D eigenvalue weighted by Crippen LogP contribution is -2.04. The fourth-order valence-corrected chi connectivity index (χ4v) is 2.08. The summed E-state index contributed by atoms with van der Waals surface area (Å²) in [7, 11) is 0. The first-order chi connectivity index (χ1) is 8.15. The third-order valence-electron chi connectivity index (χ3n) is 2.47. The number of aldehydes is 1. The van der Waals surface area contributed by atoms with Crippen LogP contribution in [0.1, 0.15) is 35.9 Å². The van der Waals surface area contributed by atoms with Crippen LogP contribution >= 0.6 is 15.9 Å². The van der Waals surface area contributed by atoms with Crippen LogP contribution in [-0.4, -0.2) is 21.3 Å². The number of rotatable bonds is 3. The van der Waals surface area contributed by atoms with Gasteiger partial charge in [-0.2, -0.15) is 0 Å². The Morgan fingerprint density at radius 1 is 1.35 bits per heavy atom. The molecule has 0 bridgehead atoms. The van der Waals surface area contributed by atoms with Gasteiger partial charge in [-0.05, 0) is 34.0 Å². The third-order valence-corrected chi connectivity index (χ3v) is 3.14. The van der Waals surface area contributed by atoms with Gasteiger partial charge in [-0.1, -0.05) is 31.2 Å². The fraction of sp³-hybridized carbons (Fsp3) is 0.250. The Kier molecular flexibility index (Phi) is 3.38. The predicted octanol–water partition coefficient (Wildman–Crippen LogP) is 2.97. The molecule has 5 heteroatoms. The molecule has 0 saturated carbocycles. The SMILES string of the molecule is CC(C)c1nnn(-c2ccccc2Br)c1C=O. The molecule has 0 aliphatic carbocycles. The maximum atomic E-state index is 11.2. The average molecular weight is 294 g/mol. The molecule has 1 heterocycles. The maximum Gasteiger partial charge on any atom is 0.170 e. The van der Waals surface area contributed by atoms with Gasteiger partial charge in [-0.15, -0.1) is 5.10 Å². The van der Waals surface area contributed by atoms with Crippen LogP contribution in [0.2, 0.25) is 0 Å². The van der Waals surface area contributed by atoms with Gasteiger partial charge >= 0.3 is 0 Å². The number of benzene rings is 1. The molecule has 4 nitrogen and oxygen atoms in total. The van der Waals surface area contributed by atoms with Crippen molar-refractivity contribution in [2.75, 3.05) is 0 Å². The molecule has 0 saturated heterocycles. The minimum atomic E-state index is 0.173. The second kappa shape index (κ2) is 4.79. The summed E-state index contributed by atoms with van der Waals surface area (Å²) in [6.45, 7) is 3.97. The van der Waals surface area contributed by atoms with E-state index in [0.29, 0.717) is 5.69 Å². The van der Waals surface area contributed by atoms with Gasteiger partial charge in [-0.25, -0.2) is 4.68 Å². The molecule has 1 aromatic carbocycles. The van der Waals surface area contributed by atoms with Gasteiger partial charge in [0.25, 0.3) is 0 Å². The first-order valence-electron chi connectivity index (χ1n) is 5.30. The smallest absolute Gasteiger partial charge is 0.170 e. The maximum absolute atomic E-state index is 11.2. The first kappa shape index (κ1) is 12.0. The van der Waals surface area contributed by atoms with Crippen LogP contribution in [0.5, 0.6) is 0 Å². The van der Waals surface area contributed by atoms with Gasteiger partial charge in [0.15, 0.2) is 6.29 Å². The molecule has 0 radical (unpaired) electrons. The van der Waals surface area contributed by atoms with E-state index in [1.54, 1.807) is 4.68 Å². The van der Waals surface area contributed by atoms with Gasteiger partial charge in [-0.3, -0.25) is 4.79 Å². The van der Waals surface area contributed by atoms with E-state index in [1.807, 2.05) is 38.1 Å². The molecular weight excluding hydrogens is 282 g/mol. The Bertz CT molecular complexity index is 548. The second-order valence-corrected chi connectivity index (χ2v) is 4.85. The monoisotopic (exact) mass is 293 g/mol. The van der Waals surface area contributed by atoms with Crippen molar-refractivity contribution in [3.8, 4) is 5.69 Å². The summed E-state index contributed by atoms with van der Waals surface area (Å²) < 4.78 is 2.44. The van der Waals surface area contributed by atoms with E-state index < -0.39 is 0 Å². The summed E-state index contributed by atoms with van der Waals surface area (Å²) in [4.78, 5) is 11.2. The Morgan fingerprint density at radius 2 is 2.06 bits per heavy atom. The van der Waals surface area contributed by atoms with E-state index in [0.717, 1.165) is 22.1 Å². The summed E-state index contributed by atoms with van der Waals surface area (Å²) in [5, 5.41) is 8.11. The lowest BCUT2D eigenvalue weighted by atomic mass is 10.1. The first-order valence-corrected chi connectivity index (χ1v) is 6.10. The number of hydrogen-bond acceptors (Lipinski definition) is 3. The second-order valence-electron chi connectivity index (χ2n) is 4.00. The van der Waals surface area contributed by atoms with Crippen LogP contribution in [0.3, 0.4) is 0 Å². The molecule has 0 spiro atoms. The standard InChI is InChI=1S/C12H12BrN3O/c1-8(2)12-11(7-17)16(15-14-12)10-6-4-3-5-9(10)13/h3-8H,1-2H3. The van der Waals surface area contributed by atoms with Gasteiger partial charge < -0.3 is 0 Å². The largest absolute Gasteiger partial charge is 0.296 e. The van der Waals surface area contributed by atoms with Crippen molar-refractivity contribution < 1.29 is 4.79 Å².